The summed E-state index contributed by atoms with van der Waals surface area (Å²) in [6, 6.07) is 19.8. The molecule has 0 unspecified atom stereocenters. The largest absolute Gasteiger partial charge is 0.322 e. The van der Waals surface area contributed by atoms with Crippen LogP contribution in [0.5, 0.6) is 0 Å². The minimum absolute atomic E-state index is 0.142. The fourth-order valence-electron chi connectivity index (χ4n) is 3.59. The van der Waals surface area contributed by atoms with Crippen LogP contribution in [0.25, 0.3) is 22.2 Å². The Labute approximate surface area is 192 Å². The van der Waals surface area contributed by atoms with Crippen LogP contribution in [-0.4, -0.2) is 10.9 Å². The van der Waals surface area contributed by atoms with Crippen molar-refractivity contribution in [3.63, 3.8) is 0 Å². The van der Waals surface area contributed by atoms with Gasteiger partial charge >= 0.3 is 0 Å². The van der Waals surface area contributed by atoms with Crippen LogP contribution in [0.15, 0.2) is 69.6 Å². The Morgan fingerprint density at radius 2 is 1.53 bits per heavy atom. The highest BCUT2D eigenvalue weighted by Gasteiger charge is 2.17. The van der Waals surface area contributed by atoms with Crippen molar-refractivity contribution < 1.29 is 4.79 Å². The lowest BCUT2D eigenvalue weighted by molar-refractivity contribution is 0.102. The van der Waals surface area contributed by atoms with Gasteiger partial charge in [0.2, 0.25) is 0 Å². The molecule has 3 nitrogen and oxygen atoms in total. The van der Waals surface area contributed by atoms with Crippen molar-refractivity contribution in [2.75, 3.05) is 5.32 Å². The number of aryl methyl sites for hydroxylation is 3. The molecule has 0 saturated heterocycles. The lowest BCUT2D eigenvalue weighted by atomic mass is 9.99. The molecule has 0 aliphatic carbocycles. The zero-order valence-electron chi connectivity index (χ0n) is 16.9. The molecule has 0 saturated carbocycles. The second-order valence-electron chi connectivity index (χ2n) is 7.45. The summed E-state index contributed by atoms with van der Waals surface area (Å²) in [6.07, 6.45) is 0. The molecule has 1 N–H and O–H groups in total. The number of anilines is 1. The van der Waals surface area contributed by atoms with E-state index in [1.165, 1.54) is 0 Å². The summed E-state index contributed by atoms with van der Waals surface area (Å²) in [5, 5.41) is 3.94. The minimum atomic E-state index is -0.142. The topological polar surface area (TPSA) is 42.0 Å². The zero-order valence-corrected chi connectivity index (χ0v) is 20.1. The smallest absolute Gasteiger partial charge is 0.256 e. The Bertz CT molecular complexity index is 1280. The molecule has 5 heteroatoms. The first kappa shape index (κ1) is 20.8. The van der Waals surface area contributed by atoms with Crippen molar-refractivity contribution >= 4 is 54.4 Å². The van der Waals surface area contributed by atoms with Gasteiger partial charge in [-0.3, -0.25) is 4.79 Å². The fraction of sp³-hybridized carbons (Fsp3) is 0.120. The Balaban J connectivity index is 1.87. The minimum Gasteiger partial charge on any atom is -0.322 e. The zero-order chi connectivity index (χ0) is 21.4. The van der Waals surface area contributed by atoms with Crippen LogP contribution >= 0.6 is 31.9 Å². The molecule has 0 radical (unpaired) electrons. The van der Waals surface area contributed by atoms with Crippen LogP contribution in [0.3, 0.4) is 0 Å². The van der Waals surface area contributed by atoms with Gasteiger partial charge in [-0.2, -0.15) is 0 Å². The van der Waals surface area contributed by atoms with Crippen LogP contribution in [-0.2, 0) is 0 Å². The van der Waals surface area contributed by atoms with E-state index in [0.29, 0.717) is 5.56 Å². The lowest BCUT2D eigenvalue weighted by Gasteiger charge is -2.14. The predicted molar refractivity (Wildman–Crippen MR) is 131 cm³/mol. The molecule has 0 spiro atoms. The molecule has 4 aromatic rings. The van der Waals surface area contributed by atoms with E-state index >= 15 is 0 Å². The molecule has 1 amide bonds. The van der Waals surface area contributed by atoms with Gasteiger partial charge in [-0.1, -0.05) is 55.6 Å². The average molecular weight is 524 g/mol. The molecule has 30 heavy (non-hydrogen) atoms. The Kier molecular flexibility index (Phi) is 5.76. The summed E-state index contributed by atoms with van der Waals surface area (Å²) < 4.78 is 1.98. The third kappa shape index (κ3) is 4.18. The summed E-state index contributed by atoms with van der Waals surface area (Å²) in [5.74, 6) is -0.142. The number of benzene rings is 3. The van der Waals surface area contributed by atoms with Gasteiger partial charge in [-0.05, 0) is 74.4 Å². The molecular weight excluding hydrogens is 504 g/mol. The molecular formula is C25H20Br2N2O. The maximum absolute atomic E-state index is 13.4. The number of rotatable bonds is 3. The molecule has 1 aromatic heterocycles. The Hall–Kier alpha value is -2.50. The quantitative estimate of drug-likeness (QED) is 0.300. The maximum Gasteiger partial charge on any atom is 0.256 e. The highest BCUT2D eigenvalue weighted by molar-refractivity contribution is 9.10. The van der Waals surface area contributed by atoms with E-state index in [9.17, 15) is 4.79 Å². The van der Waals surface area contributed by atoms with Gasteiger partial charge in [0.25, 0.3) is 5.91 Å². The number of carbonyl (C=O) groups is 1. The standard InChI is InChI=1S/C25H20Br2N2O/c1-14-10-16(3)24-20(11-14)21(13-23(28-24)17-4-6-18(26)7-5-17)25(30)29-22-9-8-19(27)12-15(22)2/h4-13H,1-3H3,(H,29,30). The number of pyridine rings is 1. The first-order valence-corrected chi connectivity index (χ1v) is 11.2. The number of hydrogen-bond acceptors (Lipinski definition) is 2. The van der Waals surface area contributed by atoms with Crippen molar-refractivity contribution in [2.24, 2.45) is 0 Å². The van der Waals surface area contributed by atoms with E-state index in [1.807, 2.05) is 75.4 Å². The van der Waals surface area contributed by atoms with Gasteiger partial charge < -0.3 is 5.32 Å². The van der Waals surface area contributed by atoms with E-state index in [2.05, 4.69) is 43.2 Å². The van der Waals surface area contributed by atoms with Crippen molar-refractivity contribution in [1.82, 2.24) is 4.98 Å². The van der Waals surface area contributed by atoms with Crippen molar-refractivity contribution in [2.45, 2.75) is 20.8 Å². The van der Waals surface area contributed by atoms with Crippen LogP contribution in [0.4, 0.5) is 5.69 Å². The van der Waals surface area contributed by atoms with Gasteiger partial charge in [0, 0.05) is 25.6 Å². The average Bonchev–Trinajstić information content (AvgIpc) is 2.70. The summed E-state index contributed by atoms with van der Waals surface area (Å²) in [6.45, 7) is 6.05. The van der Waals surface area contributed by atoms with Gasteiger partial charge in [-0.25, -0.2) is 4.98 Å². The van der Waals surface area contributed by atoms with E-state index < -0.39 is 0 Å². The highest BCUT2D eigenvalue weighted by atomic mass is 79.9. The molecule has 150 valence electrons. The SMILES string of the molecule is Cc1cc(C)c2nc(-c3ccc(Br)cc3)cc(C(=O)Nc3ccc(Br)cc3C)c2c1. The first-order chi connectivity index (χ1) is 14.3. The number of amides is 1. The van der Waals surface area contributed by atoms with E-state index in [0.717, 1.165) is 53.5 Å². The summed E-state index contributed by atoms with van der Waals surface area (Å²) in [5.41, 5.74) is 7.16. The number of aromatic nitrogens is 1. The van der Waals surface area contributed by atoms with Crippen molar-refractivity contribution in [3.8, 4) is 11.3 Å². The molecule has 0 atom stereocenters. The molecule has 0 aliphatic rings. The normalized spacial score (nSPS) is 11.0. The van der Waals surface area contributed by atoms with Crippen LogP contribution < -0.4 is 5.32 Å². The monoisotopic (exact) mass is 522 g/mol. The maximum atomic E-state index is 13.4. The van der Waals surface area contributed by atoms with Crippen LogP contribution in [0.2, 0.25) is 0 Å². The number of carbonyl (C=O) groups excluding carboxylic acids is 1. The third-order valence-corrected chi connectivity index (χ3v) is 6.09. The number of fused-ring (bicyclic) bond motifs is 1. The third-order valence-electron chi connectivity index (χ3n) is 5.07. The van der Waals surface area contributed by atoms with Crippen molar-refractivity contribution in [3.05, 3.63) is 91.9 Å². The molecule has 0 bridgehead atoms. The summed E-state index contributed by atoms with van der Waals surface area (Å²) >= 11 is 6.95. The Morgan fingerprint density at radius 3 is 2.23 bits per heavy atom. The lowest BCUT2D eigenvalue weighted by Crippen LogP contribution is -2.14. The Morgan fingerprint density at radius 1 is 0.833 bits per heavy atom. The van der Waals surface area contributed by atoms with Gasteiger partial charge in [-0.15, -0.1) is 0 Å². The molecule has 4 rings (SSSR count). The number of halogens is 2. The number of nitrogens with zero attached hydrogens (tertiary/aromatic N) is 1. The number of hydrogen-bond donors (Lipinski definition) is 1. The molecule has 0 fully saturated rings. The van der Waals surface area contributed by atoms with Gasteiger partial charge in [0.05, 0.1) is 16.8 Å². The molecule has 3 aromatic carbocycles. The summed E-state index contributed by atoms with van der Waals surface area (Å²) in [7, 11) is 0. The highest BCUT2D eigenvalue weighted by Crippen LogP contribution is 2.30. The van der Waals surface area contributed by atoms with E-state index in [1.54, 1.807) is 0 Å². The predicted octanol–water partition coefficient (Wildman–Crippen LogP) is 7.60. The molecule has 1 heterocycles. The van der Waals surface area contributed by atoms with E-state index in [4.69, 9.17) is 4.98 Å². The van der Waals surface area contributed by atoms with Crippen LogP contribution in [0, 0.1) is 20.8 Å². The molecule has 0 aliphatic heterocycles. The number of nitrogens with one attached hydrogen (secondary N) is 1. The second kappa shape index (κ2) is 8.32. The first-order valence-electron chi connectivity index (χ1n) is 9.57. The fourth-order valence-corrected chi connectivity index (χ4v) is 4.33. The summed E-state index contributed by atoms with van der Waals surface area (Å²) in [4.78, 5) is 18.3. The van der Waals surface area contributed by atoms with Gasteiger partial charge in [0.15, 0.2) is 0 Å². The van der Waals surface area contributed by atoms with Crippen LogP contribution in [0.1, 0.15) is 27.0 Å². The second-order valence-corrected chi connectivity index (χ2v) is 9.28. The van der Waals surface area contributed by atoms with Crippen molar-refractivity contribution in [1.29, 1.82) is 0 Å². The van der Waals surface area contributed by atoms with E-state index in [-0.39, 0.29) is 5.91 Å². The van der Waals surface area contributed by atoms with Gasteiger partial charge in [0.1, 0.15) is 0 Å².